The van der Waals surface area contributed by atoms with Crippen LogP contribution in [0.4, 0.5) is 79.0 Å². The number of hydrogen-bond donors (Lipinski definition) is 3. The number of pyridine rings is 2. The van der Waals surface area contributed by atoms with Crippen molar-refractivity contribution in [3.8, 4) is 22.3 Å². The smallest absolute Gasteiger partial charge is 0.419 e. The van der Waals surface area contributed by atoms with Gasteiger partial charge in [0.05, 0.1) is 53.8 Å². The number of likely N-dealkylation sites (N-methyl/N-ethyl adjacent to an activating group) is 2. The second-order valence-electron chi connectivity index (χ2n) is 26.0. The Morgan fingerprint density at radius 2 is 0.846 bits per heavy atom. The summed E-state index contributed by atoms with van der Waals surface area (Å²) in [6.07, 6.45) is -22.4. The molecule has 2 aromatic heterocycles. The number of rotatable bonds is 27. The Hall–Kier alpha value is -8.68. The van der Waals surface area contributed by atoms with Gasteiger partial charge in [0.2, 0.25) is 11.8 Å². The number of halogens is 18. The van der Waals surface area contributed by atoms with Crippen molar-refractivity contribution < 1.29 is 108 Å². The molecule has 3 N–H and O–H groups in total. The lowest BCUT2D eigenvalue weighted by Crippen LogP contribution is -2.41. The Morgan fingerprint density at radius 1 is 0.510 bits per heavy atom. The highest BCUT2D eigenvalue weighted by molar-refractivity contribution is 5.84. The normalized spacial score (nSPS) is 13.5. The van der Waals surface area contributed by atoms with Crippen molar-refractivity contribution in [2.24, 2.45) is 11.8 Å². The molecule has 6 aromatic rings. The highest BCUT2D eigenvalue weighted by atomic mass is 19.4. The number of amides is 2. The lowest BCUT2D eigenvalue weighted by molar-refractivity contribution is -0.144. The van der Waals surface area contributed by atoms with Crippen LogP contribution in [-0.2, 0) is 61.5 Å². The molecule has 4 atom stereocenters. The monoisotopic (exact) mass is 1500 g/mol. The van der Waals surface area contributed by atoms with E-state index in [0.717, 1.165) is 42.1 Å². The van der Waals surface area contributed by atoms with Gasteiger partial charge in [-0.3, -0.25) is 28.8 Å². The van der Waals surface area contributed by atoms with Gasteiger partial charge in [0.15, 0.2) is 0 Å². The first kappa shape index (κ1) is 86.0. The van der Waals surface area contributed by atoms with Gasteiger partial charge in [0.1, 0.15) is 47.0 Å². The number of carboxylic acid groups (broad SMARTS) is 1. The van der Waals surface area contributed by atoms with Crippen LogP contribution >= 0.6 is 0 Å². The van der Waals surface area contributed by atoms with E-state index in [4.69, 9.17) is 4.74 Å². The largest absolute Gasteiger partial charge is 0.481 e. The minimum atomic E-state index is -5.47. The third-order valence-corrected chi connectivity index (χ3v) is 17.4. The first-order chi connectivity index (χ1) is 48.0. The molecule has 2 unspecified atom stereocenters. The molecular weight excluding hydrogens is 1420 g/mol. The van der Waals surface area contributed by atoms with E-state index < -0.39 is 188 Å². The molecule has 0 spiro atoms. The second-order valence-corrected chi connectivity index (χ2v) is 26.0. The lowest BCUT2D eigenvalue weighted by atomic mass is 9.89. The van der Waals surface area contributed by atoms with Gasteiger partial charge in [-0.25, -0.2) is 26.3 Å². The molecule has 4 aromatic carbocycles. The van der Waals surface area contributed by atoms with E-state index >= 15 is 17.6 Å². The molecule has 32 heteroatoms. The van der Waals surface area contributed by atoms with E-state index in [-0.39, 0.29) is 102 Å². The summed E-state index contributed by atoms with van der Waals surface area (Å²) < 4.78 is 270. The maximum absolute atomic E-state index is 16.6. The molecule has 572 valence electrons. The molecule has 0 radical (unpaired) electrons. The summed E-state index contributed by atoms with van der Waals surface area (Å²) in [7, 11) is 3.31. The number of aromatic nitrogens is 2. The predicted molar refractivity (Wildman–Crippen MR) is 350 cm³/mol. The van der Waals surface area contributed by atoms with Crippen LogP contribution in [0.1, 0.15) is 165 Å². The van der Waals surface area contributed by atoms with E-state index in [1.165, 1.54) is 33.8 Å². The molecule has 0 saturated heterocycles. The molecule has 6 rings (SSSR count). The third kappa shape index (κ3) is 21.1. The summed E-state index contributed by atoms with van der Waals surface area (Å²) in [5.41, 5.74) is -15.4. The van der Waals surface area contributed by atoms with Crippen molar-refractivity contribution in [3.63, 3.8) is 0 Å². The van der Waals surface area contributed by atoms with E-state index in [1.54, 1.807) is 65.4 Å². The van der Waals surface area contributed by atoms with Crippen LogP contribution in [0.3, 0.4) is 0 Å². The lowest BCUT2D eigenvalue weighted by Gasteiger charge is -2.28. The van der Waals surface area contributed by atoms with Crippen molar-refractivity contribution in [1.82, 2.24) is 29.6 Å². The van der Waals surface area contributed by atoms with E-state index in [9.17, 15) is 95.3 Å². The molecule has 0 fully saturated rings. The van der Waals surface area contributed by atoms with E-state index in [1.807, 2.05) is 0 Å². The number of aryl methyl sites for hydroxylation is 2. The zero-order chi connectivity index (χ0) is 78.9. The van der Waals surface area contributed by atoms with Gasteiger partial charge in [0.25, 0.3) is 11.1 Å². The van der Waals surface area contributed by atoms with Crippen LogP contribution in [0, 0.1) is 74.4 Å². The minimum absolute atomic E-state index is 0.0944. The second kappa shape index (κ2) is 34.9. The van der Waals surface area contributed by atoms with Crippen molar-refractivity contribution in [2.45, 2.75) is 164 Å². The van der Waals surface area contributed by atoms with Gasteiger partial charge in [-0.05, 0) is 168 Å². The van der Waals surface area contributed by atoms with Gasteiger partial charge < -0.3 is 39.4 Å². The summed E-state index contributed by atoms with van der Waals surface area (Å²) in [5, 5.41) is 13.9. The Balaban J connectivity index is 0.000000374. The van der Waals surface area contributed by atoms with Gasteiger partial charge in [0, 0.05) is 59.9 Å². The third-order valence-electron chi connectivity index (χ3n) is 17.4. The molecule has 14 nitrogen and oxygen atoms in total. The molecule has 0 aliphatic carbocycles. The zero-order valence-electron chi connectivity index (χ0n) is 58.9. The summed E-state index contributed by atoms with van der Waals surface area (Å²) in [4.78, 5) is 82.5. The fourth-order valence-electron chi connectivity index (χ4n) is 11.8. The number of alkyl halides is 12. The first-order valence-electron chi connectivity index (χ1n) is 32.7. The fraction of sp³-hybridized carbons (Fsp3) is 0.472. The molecule has 104 heavy (non-hydrogen) atoms. The molecular formula is C72H80F18N6O8. The molecule has 2 heterocycles. The van der Waals surface area contributed by atoms with Crippen molar-refractivity contribution in [3.05, 3.63) is 183 Å². The number of nitrogens with one attached hydrogen (secondary N) is 2. The SMILES string of the molecule is CCN(C)CCc1cn(C(CC(C)C)C(=O)N[C@@H](CC(=O)O)c2c(F)c(-c3c(C)ccc(F)c3C)cc(C(F)(F)F)c2F)c(=O)cc1C(F)(F)F.CCOC(=O)C[C@H](NC(=O)C(CC(C)C)n1cc(CCN(C)CC)c(C(F)(F)F)cc1=O)c1c(F)c(-c2c(C)ccc(F)c2C)cc(C(F)(F)F)c1F. The van der Waals surface area contributed by atoms with Crippen molar-refractivity contribution in [1.29, 1.82) is 0 Å². The Kier molecular flexibility index (Phi) is 28.9. The number of carboxylic acids is 1. The van der Waals surface area contributed by atoms with Crippen molar-refractivity contribution >= 4 is 23.8 Å². The Labute approximate surface area is 587 Å². The van der Waals surface area contributed by atoms with Crippen LogP contribution in [0.25, 0.3) is 22.3 Å². The van der Waals surface area contributed by atoms with Crippen LogP contribution in [0.15, 0.2) is 70.5 Å². The van der Waals surface area contributed by atoms with Crippen LogP contribution in [0.5, 0.6) is 0 Å². The number of carbonyl (C=O) groups is 4. The maximum atomic E-state index is 16.6. The number of ether oxygens (including phenoxy) is 1. The number of benzene rings is 4. The molecule has 0 aliphatic rings. The topological polar surface area (TPSA) is 172 Å². The van der Waals surface area contributed by atoms with Gasteiger partial charge >= 0.3 is 36.6 Å². The quantitative estimate of drug-likeness (QED) is 0.0333. The van der Waals surface area contributed by atoms with Crippen LogP contribution in [-0.4, -0.2) is 94.7 Å². The maximum Gasteiger partial charge on any atom is 0.419 e. The molecule has 0 aliphatic heterocycles. The number of hydrogen-bond acceptors (Lipinski definition) is 9. The molecule has 0 bridgehead atoms. The number of aliphatic carboxylic acids is 1. The predicted octanol–water partition coefficient (Wildman–Crippen LogP) is 16.5. The van der Waals surface area contributed by atoms with Crippen molar-refractivity contribution in [2.75, 3.05) is 46.9 Å². The summed E-state index contributed by atoms with van der Waals surface area (Å²) in [6, 6.07) is -2.61. The average Bonchev–Trinajstić information content (AvgIpc) is 0.753. The summed E-state index contributed by atoms with van der Waals surface area (Å²) in [6.45, 7) is 17.3. The van der Waals surface area contributed by atoms with E-state index in [0.29, 0.717) is 29.8 Å². The van der Waals surface area contributed by atoms with Gasteiger partial charge in [-0.1, -0.05) is 53.7 Å². The van der Waals surface area contributed by atoms with Crippen LogP contribution in [0.2, 0.25) is 0 Å². The van der Waals surface area contributed by atoms with Gasteiger partial charge in [-0.15, -0.1) is 0 Å². The molecule has 2 amide bonds. The summed E-state index contributed by atoms with van der Waals surface area (Å²) in [5.74, 6) is -16.0. The number of nitrogens with zero attached hydrogens (tertiary/aromatic N) is 4. The van der Waals surface area contributed by atoms with Crippen LogP contribution < -0.4 is 21.8 Å². The highest BCUT2D eigenvalue weighted by Crippen LogP contribution is 2.45. The molecule has 0 saturated carbocycles. The number of esters is 1. The standard InChI is InChI=1S/C37H42F9N3O4.C35H38F9N3O4/c1-8-48(7)13-12-22-18-49(29(50)16-24(22)36(41,42)43)28(14-19(3)4)35(52)47-27(17-30(51)53-9-2)32-33(39)23(15-25(34(32)40)37(44,45)46)31-20(5)10-11-26(38)21(31)6;1-7-46(6)11-10-20-16-47(27(48)14-22(20)34(39,40)41)26(12-17(2)3)33(51)45-25(15-28(49)50)30-31(37)21(13-23(32(30)38)35(42,43)44)29-18(4)8-9-24(36)19(29)5/h10-11,15-16,18-19,27-28H,8-9,12-14,17H2,1-7H3,(H,47,52);8-9,13-14,16-17,25-26H,7,10-12,15H2,1-6H3,(H,45,51)(H,49,50)/t27-,28?;25-,26?/m00/s1. The minimum Gasteiger partial charge on any atom is -0.481 e. The van der Waals surface area contributed by atoms with E-state index in [2.05, 4.69) is 10.6 Å². The summed E-state index contributed by atoms with van der Waals surface area (Å²) >= 11 is 0. The first-order valence-corrected chi connectivity index (χ1v) is 32.7. The van der Waals surface area contributed by atoms with Gasteiger partial charge in [-0.2, -0.15) is 52.7 Å². The average molecular weight is 1500 g/mol. The Morgan fingerprint density at radius 3 is 1.14 bits per heavy atom. The Bertz CT molecular complexity index is 4240. The highest BCUT2D eigenvalue weighted by Gasteiger charge is 2.44. The fourth-order valence-corrected chi connectivity index (χ4v) is 11.8. The number of carbonyl (C=O) groups excluding carboxylic acids is 3. The zero-order valence-corrected chi connectivity index (χ0v) is 58.9.